The summed E-state index contributed by atoms with van der Waals surface area (Å²) in [6.07, 6.45) is 21.7. The lowest BCUT2D eigenvalue weighted by atomic mass is 10.0. The number of cyclic esters (lactones) is 2. The second-order valence-corrected chi connectivity index (χ2v) is 9.91. The van der Waals surface area contributed by atoms with E-state index >= 15 is 0 Å². The number of carbonyl (C=O) groups excluding carboxylic acids is 2. The Bertz CT molecular complexity index is 634. The monoisotopic (exact) mass is 490 g/mol. The number of nitriles is 1. The molecule has 35 heavy (non-hydrogen) atoms. The first-order chi connectivity index (χ1) is 17.1. The van der Waals surface area contributed by atoms with E-state index in [1.54, 1.807) is 0 Å². The molecule has 0 saturated carbocycles. The van der Waals surface area contributed by atoms with Crippen molar-refractivity contribution >= 4 is 11.9 Å². The zero-order valence-electron chi connectivity index (χ0n) is 22.6. The lowest BCUT2D eigenvalue weighted by Gasteiger charge is -2.22. The molecule has 1 aliphatic heterocycles. The number of carbonyl (C=O) groups is 2. The molecule has 0 aromatic rings. The van der Waals surface area contributed by atoms with Crippen molar-refractivity contribution in [2.45, 2.75) is 136 Å². The second kappa shape index (κ2) is 21.4. The van der Waals surface area contributed by atoms with Crippen LogP contribution < -0.4 is 0 Å². The average molecular weight is 491 g/mol. The van der Waals surface area contributed by atoms with Gasteiger partial charge in [-0.2, -0.15) is 5.26 Å². The van der Waals surface area contributed by atoms with Gasteiger partial charge in [0.25, 0.3) is 0 Å². The third-order valence-electron chi connectivity index (χ3n) is 6.62. The normalized spacial score (nSPS) is 13.9. The Balaban J connectivity index is 2.37. The quantitative estimate of drug-likeness (QED) is 0.0937. The Morgan fingerprint density at radius 2 is 1.06 bits per heavy atom. The molecule has 200 valence electrons. The first kappa shape index (κ1) is 31.2. The highest BCUT2D eigenvalue weighted by atomic mass is 16.7. The van der Waals surface area contributed by atoms with Crippen molar-refractivity contribution in [3.05, 3.63) is 11.5 Å². The maximum absolute atomic E-state index is 11.8. The van der Waals surface area contributed by atoms with Crippen molar-refractivity contribution in [2.75, 3.05) is 19.6 Å². The average Bonchev–Trinajstić information content (AvgIpc) is 3.02. The van der Waals surface area contributed by atoms with Crippen molar-refractivity contribution < 1.29 is 19.1 Å². The van der Waals surface area contributed by atoms with Crippen LogP contribution in [0.15, 0.2) is 11.5 Å². The molecule has 0 aromatic carbocycles. The molecule has 0 radical (unpaired) electrons. The Hall–Kier alpha value is -1.87. The van der Waals surface area contributed by atoms with Crippen LogP contribution in [-0.4, -0.2) is 36.5 Å². The first-order valence-corrected chi connectivity index (χ1v) is 14.4. The Morgan fingerprint density at radius 3 is 1.46 bits per heavy atom. The molecule has 0 bridgehead atoms. The van der Waals surface area contributed by atoms with Crippen molar-refractivity contribution in [1.29, 1.82) is 5.26 Å². The lowest BCUT2D eigenvalue weighted by molar-refractivity contribution is -0.147. The third-order valence-corrected chi connectivity index (χ3v) is 6.62. The maximum Gasteiger partial charge on any atom is 0.314 e. The summed E-state index contributed by atoms with van der Waals surface area (Å²) in [7, 11) is 0. The summed E-state index contributed by atoms with van der Waals surface area (Å²) in [6.45, 7) is 6.58. The standard InChI is InChI=1S/C29H50N2O4/c1-3-5-7-9-10-11-12-13-14-15-16-17-19-23-31(22-18-8-6-4-2)25-26(24-30)29-34-27(32)20-21-28(33)35-29/h3-23,25H2,1-2H3. The molecule has 0 aliphatic carbocycles. The van der Waals surface area contributed by atoms with Crippen LogP contribution in [0, 0.1) is 11.3 Å². The smallest absolute Gasteiger partial charge is 0.314 e. The molecule has 0 spiro atoms. The fourth-order valence-corrected chi connectivity index (χ4v) is 4.41. The number of hydrogen-bond acceptors (Lipinski definition) is 6. The number of nitrogens with zero attached hydrogens (tertiary/aromatic N) is 2. The van der Waals surface area contributed by atoms with Gasteiger partial charge in [0.15, 0.2) is 0 Å². The van der Waals surface area contributed by atoms with Crippen LogP contribution >= 0.6 is 0 Å². The predicted molar refractivity (Wildman–Crippen MR) is 140 cm³/mol. The predicted octanol–water partition coefficient (Wildman–Crippen LogP) is 7.58. The molecule has 0 amide bonds. The molecule has 1 fully saturated rings. The molecule has 1 aliphatic rings. The van der Waals surface area contributed by atoms with E-state index in [1.807, 2.05) is 0 Å². The number of unbranched alkanes of at least 4 members (excludes halogenated alkanes) is 15. The highest BCUT2D eigenvalue weighted by Gasteiger charge is 2.24. The van der Waals surface area contributed by atoms with Gasteiger partial charge in [-0.1, -0.05) is 110 Å². The zero-order chi connectivity index (χ0) is 25.6. The highest BCUT2D eigenvalue weighted by Crippen LogP contribution is 2.18. The van der Waals surface area contributed by atoms with E-state index in [4.69, 9.17) is 9.47 Å². The highest BCUT2D eigenvalue weighted by molar-refractivity contribution is 5.80. The van der Waals surface area contributed by atoms with Crippen LogP contribution in [0.2, 0.25) is 0 Å². The van der Waals surface area contributed by atoms with Gasteiger partial charge in [-0.3, -0.25) is 14.5 Å². The van der Waals surface area contributed by atoms with Crippen molar-refractivity contribution in [1.82, 2.24) is 4.90 Å². The van der Waals surface area contributed by atoms with Crippen molar-refractivity contribution in [3.8, 4) is 6.07 Å². The summed E-state index contributed by atoms with van der Waals surface area (Å²) in [6, 6.07) is 2.11. The fourth-order valence-electron chi connectivity index (χ4n) is 4.41. The van der Waals surface area contributed by atoms with Gasteiger partial charge in [-0.15, -0.1) is 0 Å². The Kier molecular flexibility index (Phi) is 19.1. The second-order valence-electron chi connectivity index (χ2n) is 9.91. The number of rotatable bonds is 21. The maximum atomic E-state index is 11.8. The molecule has 0 unspecified atom stereocenters. The van der Waals surface area contributed by atoms with Crippen molar-refractivity contribution in [3.63, 3.8) is 0 Å². The van der Waals surface area contributed by atoms with Crippen LogP contribution in [0.1, 0.15) is 136 Å². The van der Waals surface area contributed by atoms with Crippen LogP contribution in [0.25, 0.3) is 0 Å². The van der Waals surface area contributed by atoms with Gasteiger partial charge in [0.1, 0.15) is 11.6 Å². The van der Waals surface area contributed by atoms with E-state index in [2.05, 4.69) is 24.8 Å². The molecule has 0 N–H and O–H groups in total. The molecule has 1 heterocycles. The van der Waals surface area contributed by atoms with Crippen LogP contribution in [0.4, 0.5) is 0 Å². The number of ether oxygens (including phenoxy) is 2. The van der Waals surface area contributed by atoms with Crippen molar-refractivity contribution in [2.24, 2.45) is 0 Å². The Labute approximate surface area is 214 Å². The van der Waals surface area contributed by atoms with Gasteiger partial charge in [-0.05, 0) is 25.9 Å². The first-order valence-electron chi connectivity index (χ1n) is 14.4. The zero-order valence-corrected chi connectivity index (χ0v) is 22.6. The molecule has 6 heteroatoms. The summed E-state index contributed by atoms with van der Waals surface area (Å²) in [5, 5.41) is 9.67. The van der Waals surface area contributed by atoms with Crippen LogP contribution in [0.5, 0.6) is 0 Å². The summed E-state index contributed by atoms with van der Waals surface area (Å²) < 4.78 is 10.3. The van der Waals surface area contributed by atoms with Gasteiger partial charge < -0.3 is 9.47 Å². The molecular formula is C29H50N2O4. The van der Waals surface area contributed by atoms with Gasteiger partial charge in [-0.25, -0.2) is 0 Å². The molecular weight excluding hydrogens is 440 g/mol. The fraction of sp³-hybridized carbons (Fsp3) is 0.828. The minimum atomic E-state index is -0.524. The summed E-state index contributed by atoms with van der Waals surface area (Å²) in [4.78, 5) is 25.8. The topological polar surface area (TPSA) is 79.6 Å². The summed E-state index contributed by atoms with van der Waals surface area (Å²) >= 11 is 0. The SMILES string of the molecule is CCCCCCCCCCCCCCCN(CCCCCC)CC(C#N)=C1OC(=O)CCC(=O)O1. The van der Waals surface area contributed by atoms with E-state index < -0.39 is 11.9 Å². The van der Waals surface area contributed by atoms with E-state index in [0.717, 1.165) is 32.4 Å². The van der Waals surface area contributed by atoms with Gasteiger partial charge >= 0.3 is 17.9 Å². The molecule has 1 saturated heterocycles. The van der Waals surface area contributed by atoms with Crippen LogP contribution in [-0.2, 0) is 19.1 Å². The minimum absolute atomic E-state index is 0.0132. The van der Waals surface area contributed by atoms with Gasteiger partial charge in [0, 0.05) is 6.54 Å². The molecule has 0 aromatic heterocycles. The summed E-state index contributed by atoms with van der Waals surface area (Å²) in [5.74, 6) is -1.27. The Morgan fingerprint density at radius 1 is 0.686 bits per heavy atom. The number of hydrogen-bond donors (Lipinski definition) is 0. The van der Waals surface area contributed by atoms with E-state index in [1.165, 1.54) is 89.9 Å². The molecule has 6 nitrogen and oxygen atoms in total. The number of esters is 2. The van der Waals surface area contributed by atoms with Gasteiger partial charge in [0.05, 0.1) is 12.8 Å². The van der Waals surface area contributed by atoms with E-state index in [9.17, 15) is 14.9 Å². The summed E-state index contributed by atoms with van der Waals surface area (Å²) in [5.41, 5.74) is 0.221. The van der Waals surface area contributed by atoms with Crippen LogP contribution in [0.3, 0.4) is 0 Å². The van der Waals surface area contributed by atoms with E-state index in [0.29, 0.717) is 6.54 Å². The molecule has 0 atom stereocenters. The van der Waals surface area contributed by atoms with E-state index in [-0.39, 0.29) is 24.4 Å². The third kappa shape index (κ3) is 16.4. The van der Waals surface area contributed by atoms with Gasteiger partial charge in [0.2, 0.25) is 0 Å². The molecule has 1 rings (SSSR count). The lowest BCUT2D eigenvalue weighted by Crippen LogP contribution is -2.29. The minimum Gasteiger partial charge on any atom is -0.392 e. The largest absolute Gasteiger partial charge is 0.392 e.